The van der Waals surface area contributed by atoms with Crippen LogP contribution in [0.2, 0.25) is 0 Å². The van der Waals surface area contributed by atoms with Crippen molar-refractivity contribution >= 4 is 0 Å². The summed E-state index contributed by atoms with van der Waals surface area (Å²) < 4.78 is 0. The van der Waals surface area contributed by atoms with Crippen molar-refractivity contribution in [2.24, 2.45) is 5.92 Å². The SMILES string of the molecule is CC(C)Cc1cc(CO)cc(C(C)(C)C)c1O. The van der Waals surface area contributed by atoms with Crippen LogP contribution in [-0.2, 0) is 18.4 Å². The molecule has 96 valence electrons. The maximum atomic E-state index is 10.3. The van der Waals surface area contributed by atoms with Gasteiger partial charge < -0.3 is 10.2 Å². The Morgan fingerprint density at radius 2 is 1.76 bits per heavy atom. The molecule has 0 spiro atoms. The molecule has 0 fully saturated rings. The smallest absolute Gasteiger partial charge is 0.122 e. The molecule has 0 unspecified atom stereocenters. The van der Waals surface area contributed by atoms with E-state index in [0.717, 1.165) is 23.1 Å². The van der Waals surface area contributed by atoms with Crippen LogP contribution in [0, 0.1) is 5.92 Å². The third-order valence-electron chi connectivity index (χ3n) is 2.87. The predicted molar refractivity (Wildman–Crippen MR) is 71.3 cm³/mol. The predicted octanol–water partition coefficient (Wildman–Crippen LogP) is 3.38. The number of aromatic hydroxyl groups is 1. The summed E-state index contributed by atoms with van der Waals surface area (Å²) in [4.78, 5) is 0. The van der Waals surface area contributed by atoms with Gasteiger partial charge in [-0.1, -0.05) is 34.6 Å². The molecule has 0 saturated carbocycles. The van der Waals surface area contributed by atoms with Crippen LogP contribution in [0.3, 0.4) is 0 Å². The second-order valence-corrected chi connectivity index (χ2v) is 6.16. The van der Waals surface area contributed by atoms with Crippen LogP contribution in [0.5, 0.6) is 5.75 Å². The van der Waals surface area contributed by atoms with Crippen molar-refractivity contribution in [3.63, 3.8) is 0 Å². The van der Waals surface area contributed by atoms with E-state index < -0.39 is 0 Å². The Bertz CT molecular complexity index is 387. The van der Waals surface area contributed by atoms with Gasteiger partial charge in [0, 0.05) is 0 Å². The standard InChI is InChI=1S/C15H24O2/c1-10(2)6-12-7-11(9-16)8-13(14(12)17)15(3,4)5/h7-8,10,16-17H,6,9H2,1-5H3. The zero-order valence-corrected chi connectivity index (χ0v) is 11.5. The molecule has 1 aromatic carbocycles. The maximum Gasteiger partial charge on any atom is 0.122 e. The van der Waals surface area contributed by atoms with Gasteiger partial charge in [-0.05, 0) is 46.6 Å². The Labute approximate surface area is 104 Å². The molecule has 2 heteroatoms. The Morgan fingerprint density at radius 1 is 1.18 bits per heavy atom. The van der Waals surface area contributed by atoms with E-state index in [9.17, 15) is 10.2 Å². The van der Waals surface area contributed by atoms with Crippen LogP contribution in [-0.4, -0.2) is 10.2 Å². The topological polar surface area (TPSA) is 40.5 Å². The first-order chi connectivity index (χ1) is 7.75. The molecule has 1 aromatic rings. The van der Waals surface area contributed by atoms with E-state index in [1.165, 1.54) is 0 Å². The van der Waals surface area contributed by atoms with Gasteiger partial charge in [0.15, 0.2) is 0 Å². The van der Waals surface area contributed by atoms with Gasteiger partial charge in [-0.2, -0.15) is 0 Å². The Balaban J connectivity index is 3.31. The lowest BCUT2D eigenvalue weighted by molar-refractivity contribution is 0.281. The van der Waals surface area contributed by atoms with Crippen LogP contribution in [0.1, 0.15) is 51.3 Å². The Kier molecular flexibility index (Phi) is 4.21. The second-order valence-electron chi connectivity index (χ2n) is 6.16. The van der Waals surface area contributed by atoms with Gasteiger partial charge in [-0.15, -0.1) is 0 Å². The molecule has 1 rings (SSSR count). The zero-order valence-electron chi connectivity index (χ0n) is 11.5. The zero-order chi connectivity index (χ0) is 13.2. The van der Waals surface area contributed by atoms with Crippen molar-refractivity contribution in [2.45, 2.75) is 53.1 Å². The number of benzene rings is 1. The van der Waals surface area contributed by atoms with Gasteiger partial charge in [-0.3, -0.25) is 0 Å². The summed E-state index contributed by atoms with van der Waals surface area (Å²) in [7, 11) is 0. The van der Waals surface area contributed by atoms with Crippen molar-refractivity contribution in [2.75, 3.05) is 0 Å². The third kappa shape index (κ3) is 3.47. The molecule has 0 amide bonds. The highest BCUT2D eigenvalue weighted by Crippen LogP contribution is 2.35. The summed E-state index contributed by atoms with van der Waals surface area (Å²) in [5.74, 6) is 0.881. The third-order valence-corrected chi connectivity index (χ3v) is 2.87. The molecule has 0 bridgehead atoms. The largest absolute Gasteiger partial charge is 0.507 e. The quantitative estimate of drug-likeness (QED) is 0.844. The summed E-state index contributed by atoms with van der Waals surface area (Å²) in [6.07, 6.45) is 0.836. The molecule has 0 heterocycles. The number of hydrogen-bond donors (Lipinski definition) is 2. The van der Waals surface area contributed by atoms with E-state index in [4.69, 9.17) is 0 Å². The number of phenolic OH excluding ortho intramolecular Hbond substituents is 1. The molecule has 0 aliphatic heterocycles. The van der Waals surface area contributed by atoms with Gasteiger partial charge in [0.25, 0.3) is 0 Å². The summed E-state index contributed by atoms with van der Waals surface area (Å²) in [5.41, 5.74) is 2.63. The lowest BCUT2D eigenvalue weighted by Gasteiger charge is -2.23. The van der Waals surface area contributed by atoms with Crippen molar-refractivity contribution in [1.29, 1.82) is 0 Å². The van der Waals surface area contributed by atoms with E-state index in [1.807, 2.05) is 12.1 Å². The molecule has 0 atom stereocenters. The van der Waals surface area contributed by atoms with E-state index in [-0.39, 0.29) is 12.0 Å². The molecule has 0 aromatic heterocycles. The molecular weight excluding hydrogens is 212 g/mol. The normalized spacial score (nSPS) is 12.2. The van der Waals surface area contributed by atoms with Gasteiger partial charge in [0.05, 0.1) is 6.61 Å². The van der Waals surface area contributed by atoms with Crippen LogP contribution >= 0.6 is 0 Å². The van der Waals surface area contributed by atoms with E-state index in [0.29, 0.717) is 11.7 Å². The summed E-state index contributed by atoms with van der Waals surface area (Å²) >= 11 is 0. The molecular formula is C15H24O2. The highest BCUT2D eigenvalue weighted by atomic mass is 16.3. The fourth-order valence-corrected chi connectivity index (χ4v) is 2.02. The number of rotatable bonds is 3. The molecule has 0 radical (unpaired) electrons. The van der Waals surface area contributed by atoms with Crippen LogP contribution in [0.4, 0.5) is 0 Å². The monoisotopic (exact) mass is 236 g/mol. The molecule has 2 nitrogen and oxygen atoms in total. The van der Waals surface area contributed by atoms with E-state index in [1.54, 1.807) is 0 Å². The van der Waals surface area contributed by atoms with E-state index in [2.05, 4.69) is 34.6 Å². The molecule has 2 N–H and O–H groups in total. The van der Waals surface area contributed by atoms with Crippen LogP contribution in [0.25, 0.3) is 0 Å². The minimum atomic E-state index is -0.110. The first kappa shape index (κ1) is 14.0. The van der Waals surface area contributed by atoms with Crippen molar-refractivity contribution in [1.82, 2.24) is 0 Å². The number of aliphatic hydroxyl groups excluding tert-OH is 1. The second kappa shape index (κ2) is 5.09. The number of aliphatic hydroxyl groups is 1. The number of hydrogen-bond acceptors (Lipinski definition) is 2. The van der Waals surface area contributed by atoms with Crippen molar-refractivity contribution in [3.8, 4) is 5.75 Å². The molecule has 17 heavy (non-hydrogen) atoms. The Morgan fingerprint density at radius 3 is 2.18 bits per heavy atom. The summed E-state index contributed by atoms with van der Waals surface area (Å²) in [6.45, 7) is 10.5. The summed E-state index contributed by atoms with van der Waals surface area (Å²) in [5, 5.41) is 19.6. The van der Waals surface area contributed by atoms with Crippen molar-refractivity contribution < 1.29 is 10.2 Å². The van der Waals surface area contributed by atoms with Crippen LogP contribution < -0.4 is 0 Å². The molecule has 0 aliphatic carbocycles. The minimum Gasteiger partial charge on any atom is -0.507 e. The Hall–Kier alpha value is -1.02. The average molecular weight is 236 g/mol. The van der Waals surface area contributed by atoms with E-state index >= 15 is 0 Å². The fraction of sp³-hybridized carbons (Fsp3) is 0.600. The fourth-order valence-electron chi connectivity index (χ4n) is 2.02. The maximum absolute atomic E-state index is 10.3. The minimum absolute atomic E-state index is 0.0223. The number of phenols is 1. The van der Waals surface area contributed by atoms with Gasteiger partial charge in [0.1, 0.15) is 5.75 Å². The summed E-state index contributed by atoms with van der Waals surface area (Å²) in [6, 6.07) is 3.81. The molecule has 0 saturated heterocycles. The highest BCUT2D eigenvalue weighted by molar-refractivity contribution is 5.47. The lowest BCUT2D eigenvalue weighted by atomic mass is 9.83. The van der Waals surface area contributed by atoms with Gasteiger partial charge in [0.2, 0.25) is 0 Å². The van der Waals surface area contributed by atoms with Gasteiger partial charge >= 0.3 is 0 Å². The van der Waals surface area contributed by atoms with Gasteiger partial charge in [-0.25, -0.2) is 0 Å². The molecule has 0 aliphatic rings. The lowest BCUT2D eigenvalue weighted by Crippen LogP contribution is -2.13. The highest BCUT2D eigenvalue weighted by Gasteiger charge is 2.21. The van der Waals surface area contributed by atoms with Crippen molar-refractivity contribution in [3.05, 3.63) is 28.8 Å². The first-order valence-corrected chi connectivity index (χ1v) is 6.21. The first-order valence-electron chi connectivity index (χ1n) is 6.21. The average Bonchev–Trinajstić information content (AvgIpc) is 2.18. The van der Waals surface area contributed by atoms with Crippen LogP contribution in [0.15, 0.2) is 12.1 Å².